The summed E-state index contributed by atoms with van der Waals surface area (Å²) in [4.78, 5) is 23.7. The van der Waals surface area contributed by atoms with Gasteiger partial charge in [0.25, 0.3) is 0 Å². The zero-order chi connectivity index (χ0) is 16.9. The Labute approximate surface area is 143 Å². The number of hydrogen-bond acceptors (Lipinski definition) is 3. The van der Waals surface area contributed by atoms with Crippen molar-refractivity contribution in [3.05, 3.63) is 23.8 Å². The van der Waals surface area contributed by atoms with Crippen molar-refractivity contribution >= 4 is 23.2 Å². The molecule has 1 saturated carbocycles. The Morgan fingerprint density at radius 3 is 2.92 bits per heavy atom. The highest BCUT2D eigenvalue weighted by molar-refractivity contribution is 5.94. The van der Waals surface area contributed by atoms with Crippen molar-refractivity contribution in [2.24, 2.45) is 5.92 Å². The molecule has 1 fully saturated rings. The summed E-state index contributed by atoms with van der Waals surface area (Å²) in [5.74, 6) is 0.466. The van der Waals surface area contributed by atoms with Crippen molar-refractivity contribution < 1.29 is 14.3 Å². The molecular formula is C19H26N2O3. The van der Waals surface area contributed by atoms with E-state index in [4.69, 9.17) is 4.74 Å². The molecule has 130 valence electrons. The Morgan fingerprint density at radius 2 is 2.08 bits per heavy atom. The van der Waals surface area contributed by atoms with Gasteiger partial charge in [0.1, 0.15) is 6.61 Å². The molecule has 1 aromatic rings. The van der Waals surface area contributed by atoms with Crippen LogP contribution in [0.3, 0.4) is 0 Å². The molecule has 0 unspecified atom stereocenters. The molecule has 2 atom stereocenters. The third kappa shape index (κ3) is 4.35. The van der Waals surface area contributed by atoms with Crippen LogP contribution in [0.25, 0.3) is 0 Å². The molecule has 3 rings (SSSR count). The van der Waals surface area contributed by atoms with Crippen LogP contribution < -0.4 is 10.6 Å². The van der Waals surface area contributed by atoms with Crippen molar-refractivity contribution in [1.82, 2.24) is 0 Å². The highest BCUT2D eigenvalue weighted by Crippen LogP contribution is 2.27. The van der Waals surface area contributed by atoms with Gasteiger partial charge < -0.3 is 15.4 Å². The number of amides is 2. The van der Waals surface area contributed by atoms with E-state index in [1.54, 1.807) is 0 Å². The summed E-state index contributed by atoms with van der Waals surface area (Å²) in [5, 5.41) is 5.80. The average Bonchev–Trinajstić information content (AvgIpc) is 2.74. The number of carbonyl (C=O) groups excluding carboxylic acids is 2. The molecule has 0 saturated heterocycles. The lowest BCUT2D eigenvalue weighted by Crippen LogP contribution is -2.29. The zero-order valence-corrected chi connectivity index (χ0v) is 14.3. The second-order valence-electron chi connectivity index (χ2n) is 6.93. The maximum absolute atomic E-state index is 12.1. The van der Waals surface area contributed by atoms with Crippen molar-refractivity contribution in [1.29, 1.82) is 0 Å². The predicted octanol–water partition coefficient (Wildman–Crippen LogP) is 3.50. The molecule has 1 heterocycles. The first kappa shape index (κ1) is 17.0. The highest BCUT2D eigenvalue weighted by Gasteiger charge is 2.22. The van der Waals surface area contributed by atoms with Crippen LogP contribution in [0.15, 0.2) is 18.2 Å². The number of benzene rings is 1. The molecule has 1 aliphatic heterocycles. The number of rotatable bonds is 4. The molecule has 5 nitrogen and oxygen atoms in total. The SMILES string of the molecule is C[C@H]1CCCC[C@@H]1OCC(=O)Nc1ccc2c(c1)CCCC(=O)N2. The fraction of sp³-hybridized carbons (Fsp3) is 0.579. The second kappa shape index (κ2) is 7.79. The molecule has 2 aliphatic rings. The van der Waals surface area contributed by atoms with E-state index >= 15 is 0 Å². The number of hydrogen-bond donors (Lipinski definition) is 2. The molecule has 1 aromatic carbocycles. The lowest BCUT2D eigenvalue weighted by atomic mass is 9.88. The summed E-state index contributed by atoms with van der Waals surface area (Å²) in [6.07, 6.45) is 7.10. The van der Waals surface area contributed by atoms with Gasteiger partial charge in [-0.15, -0.1) is 0 Å². The van der Waals surface area contributed by atoms with Crippen LogP contribution in [0.1, 0.15) is 51.0 Å². The Kier molecular flexibility index (Phi) is 5.51. The largest absolute Gasteiger partial charge is 0.368 e. The summed E-state index contributed by atoms with van der Waals surface area (Å²) in [7, 11) is 0. The highest BCUT2D eigenvalue weighted by atomic mass is 16.5. The second-order valence-corrected chi connectivity index (χ2v) is 6.93. The standard InChI is InChI=1S/C19H26N2O3/c1-13-5-2-3-7-17(13)24-12-19(23)20-15-9-10-16-14(11-15)6-4-8-18(22)21-16/h9-11,13,17H,2-8,12H2,1H3,(H,20,23)(H,21,22)/t13-,17-/m0/s1. The summed E-state index contributed by atoms with van der Waals surface area (Å²) in [6.45, 7) is 2.30. The van der Waals surface area contributed by atoms with Crippen LogP contribution >= 0.6 is 0 Å². The van der Waals surface area contributed by atoms with Crippen LogP contribution in [0, 0.1) is 5.92 Å². The van der Waals surface area contributed by atoms with Crippen molar-refractivity contribution in [3.8, 4) is 0 Å². The molecule has 2 N–H and O–H groups in total. The normalized spacial score (nSPS) is 23.8. The Balaban J connectivity index is 1.54. The first-order valence-corrected chi connectivity index (χ1v) is 8.96. The van der Waals surface area contributed by atoms with Gasteiger partial charge in [-0.3, -0.25) is 9.59 Å². The fourth-order valence-electron chi connectivity index (χ4n) is 3.56. The van der Waals surface area contributed by atoms with E-state index in [9.17, 15) is 9.59 Å². The molecule has 5 heteroatoms. The molecule has 1 aliphatic carbocycles. The Morgan fingerprint density at radius 1 is 1.25 bits per heavy atom. The average molecular weight is 330 g/mol. The topological polar surface area (TPSA) is 67.4 Å². The van der Waals surface area contributed by atoms with Gasteiger partial charge in [0, 0.05) is 17.8 Å². The number of anilines is 2. The fourth-order valence-corrected chi connectivity index (χ4v) is 3.56. The predicted molar refractivity (Wildman–Crippen MR) is 94.0 cm³/mol. The van der Waals surface area contributed by atoms with E-state index in [1.807, 2.05) is 18.2 Å². The monoisotopic (exact) mass is 330 g/mol. The lowest BCUT2D eigenvalue weighted by molar-refractivity contribution is -0.124. The van der Waals surface area contributed by atoms with E-state index < -0.39 is 0 Å². The van der Waals surface area contributed by atoms with Gasteiger partial charge in [-0.25, -0.2) is 0 Å². The third-order valence-corrected chi connectivity index (χ3v) is 4.97. The Bertz CT molecular complexity index is 615. The minimum atomic E-state index is -0.120. The molecule has 2 amide bonds. The van der Waals surface area contributed by atoms with E-state index in [0.29, 0.717) is 12.3 Å². The van der Waals surface area contributed by atoms with Crippen LogP contribution in [-0.2, 0) is 20.7 Å². The van der Waals surface area contributed by atoms with Gasteiger partial charge in [-0.1, -0.05) is 19.8 Å². The maximum Gasteiger partial charge on any atom is 0.250 e. The summed E-state index contributed by atoms with van der Waals surface area (Å²) < 4.78 is 5.81. The molecular weight excluding hydrogens is 304 g/mol. The van der Waals surface area contributed by atoms with Crippen LogP contribution in [0.5, 0.6) is 0 Å². The van der Waals surface area contributed by atoms with Gasteiger partial charge in [-0.05, 0) is 55.4 Å². The van der Waals surface area contributed by atoms with Crippen LogP contribution in [0.4, 0.5) is 11.4 Å². The first-order chi connectivity index (χ1) is 11.6. The summed E-state index contributed by atoms with van der Waals surface area (Å²) in [5.41, 5.74) is 2.68. The Hall–Kier alpha value is -1.88. The molecule has 0 spiro atoms. The number of fused-ring (bicyclic) bond motifs is 1. The van der Waals surface area contributed by atoms with Crippen molar-refractivity contribution in [2.75, 3.05) is 17.2 Å². The summed E-state index contributed by atoms with van der Waals surface area (Å²) >= 11 is 0. The minimum absolute atomic E-state index is 0.0561. The van der Waals surface area contributed by atoms with Gasteiger partial charge in [0.15, 0.2) is 0 Å². The van der Waals surface area contributed by atoms with E-state index in [1.165, 1.54) is 19.3 Å². The molecule has 0 radical (unpaired) electrons. The maximum atomic E-state index is 12.1. The zero-order valence-electron chi connectivity index (χ0n) is 14.3. The molecule has 0 bridgehead atoms. The quantitative estimate of drug-likeness (QED) is 0.888. The third-order valence-electron chi connectivity index (χ3n) is 4.97. The first-order valence-electron chi connectivity index (χ1n) is 8.96. The van der Waals surface area contributed by atoms with Crippen molar-refractivity contribution in [2.45, 2.75) is 58.0 Å². The molecule has 0 aromatic heterocycles. The van der Waals surface area contributed by atoms with Gasteiger partial charge >= 0.3 is 0 Å². The minimum Gasteiger partial charge on any atom is -0.368 e. The van der Waals surface area contributed by atoms with E-state index in [-0.39, 0.29) is 24.5 Å². The number of carbonyl (C=O) groups is 2. The van der Waals surface area contributed by atoms with Gasteiger partial charge in [0.05, 0.1) is 6.10 Å². The lowest BCUT2D eigenvalue weighted by Gasteiger charge is -2.28. The van der Waals surface area contributed by atoms with Gasteiger partial charge in [-0.2, -0.15) is 0 Å². The summed E-state index contributed by atoms with van der Waals surface area (Å²) in [6, 6.07) is 5.63. The number of aryl methyl sites for hydroxylation is 1. The van der Waals surface area contributed by atoms with Crippen molar-refractivity contribution in [3.63, 3.8) is 0 Å². The van der Waals surface area contributed by atoms with Crippen LogP contribution in [0.2, 0.25) is 0 Å². The van der Waals surface area contributed by atoms with Gasteiger partial charge in [0.2, 0.25) is 11.8 Å². The number of nitrogens with one attached hydrogen (secondary N) is 2. The smallest absolute Gasteiger partial charge is 0.250 e. The molecule has 24 heavy (non-hydrogen) atoms. The van der Waals surface area contributed by atoms with E-state index in [2.05, 4.69) is 17.6 Å². The van der Waals surface area contributed by atoms with E-state index in [0.717, 1.165) is 36.2 Å². The number of ether oxygens (including phenoxy) is 1. The van der Waals surface area contributed by atoms with Crippen LogP contribution in [-0.4, -0.2) is 24.5 Å².